The summed E-state index contributed by atoms with van der Waals surface area (Å²) >= 11 is 0. The molecule has 3 nitrogen and oxygen atoms in total. The van der Waals surface area contributed by atoms with Gasteiger partial charge in [0, 0.05) is 30.2 Å². The number of hydrogen-bond donors (Lipinski definition) is 1. The quantitative estimate of drug-likeness (QED) is 0.721. The fourth-order valence-electron chi connectivity index (χ4n) is 2.48. The maximum atomic E-state index is 5.74. The van der Waals surface area contributed by atoms with Crippen LogP contribution in [0, 0.1) is 0 Å². The molecule has 0 amide bonds. The van der Waals surface area contributed by atoms with Gasteiger partial charge >= 0.3 is 0 Å². The Hall–Kier alpha value is -2.55. The molecular formula is C18H19N3. The summed E-state index contributed by atoms with van der Waals surface area (Å²) in [5, 5.41) is 0. The third kappa shape index (κ3) is 3.31. The van der Waals surface area contributed by atoms with Crippen LogP contribution in [-0.4, -0.2) is 9.55 Å². The first kappa shape index (κ1) is 13.4. The van der Waals surface area contributed by atoms with E-state index in [1.165, 1.54) is 5.56 Å². The molecule has 1 aromatic heterocycles. The lowest BCUT2D eigenvalue weighted by molar-refractivity contribution is 0.648. The van der Waals surface area contributed by atoms with Crippen LogP contribution in [0.5, 0.6) is 0 Å². The molecule has 0 aliphatic rings. The van der Waals surface area contributed by atoms with E-state index in [0.717, 1.165) is 36.5 Å². The van der Waals surface area contributed by atoms with Crippen molar-refractivity contribution in [1.82, 2.24) is 9.55 Å². The molecule has 0 spiro atoms. The summed E-state index contributed by atoms with van der Waals surface area (Å²) in [6, 6.07) is 18.5. The van der Waals surface area contributed by atoms with E-state index < -0.39 is 0 Å². The van der Waals surface area contributed by atoms with E-state index in [9.17, 15) is 0 Å². The fraction of sp³-hybridized carbons (Fsp3) is 0.167. The first-order valence-electron chi connectivity index (χ1n) is 7.24. The highest BCUT2D eigenvalue weighted by atomic mass is 15.1. The summed E-state index contributed by atoms with van der Waals surface area (Å²) in [5.41, 5.74) is 9.00. The number of aryl methyl sites for hydroxylation is 2. The van der Waals surface area contributed by atoms with Gasteiger partial charge in [0.2, 0.25) is 0 Å². The van der Waals surface area contributed by atoms with Gasteiger partial charge in [-0.05, 0) is 42.7 Å². The zero-order valence-corrected chi connectivity index (χ0v) is 11.9. The second kappa shape index (κ2) is 6.27. The van der Waals surface area contributed by atoms with Crippen molar-refractivity contribution in [2.45, 2.75) is 19.4 Å². The molecule has 2 aromatic carbocycles. The lowest BCUT2D eigenvalue weighted by atomic mass is 10.1. The summed E-state index contributed by atoms with van der Waals surface area (Å²) in [6.07, 6.45) is 6.08. The summed E-state index contributed by atoms with van der Waals surface area (Å²) in [6.45, 7) is 0.967. The van der Waals surface area contributed by atoms with Crippen LogP contribution in [0.4, 0.5) is 5.69 Å². The van der Waals surface area contributed by atoms with Crippen LogP contribution >= 0.6 is 0 Å². The molecular weight excluding hydrogens is 258 g/mol. The van der Waals surface area contributed by atoms with Crippen LogP contribution in [-0.2, 0) is 13.0 Å². The third-order valence-electron chi connectivity index (χ3n) is 3.59. The van der Waals surface area contributed by atoms with Crippen molar-refractivity contribution in [3.8, 4) is 11.4 Å². The van der Waals surface area contributed by atoms with E-state index in [2.05, 4.69) is 39.9 Å². The van der Waals surface area contributed by atoms with E-state index in [0.29, 0.717) is 0 Å². The van der Waals surface area contributed by atoms with Gasteiger partial charge in [-0.15, -0.1) is 0 Å². The Bertz CT molecular complexity index is 684. The van der Waals surface area contributed by atoms with Crippen molar-refractivity contribution in [3.05, 3.63) is 72.6 Å². The van der Waals surface area contributed by atoms with Crippen molar-refractivity contribution in [1.29, 1.82) is 0 Å². The second-order valence-electron chi connectivity index (χ2n) is 5.16. The van der Waals surface area contributed by atoms with Crippen LogP contribution in [0.25, 0.3) is 11.4 Å². The number of aromatic nitrogens is 2. The van der Waals surface area contributed by atoms with Gasteiger partial charge in [0.15, 0.2) is 0 Å². The van der Waals surface area contributed by atoms with Gasteiger partial charge in [0.25, 0.3) is 0 Å². The zero-order valence-electron chi connectivity index (χ0n) is 11.9. The van der Waals surface area contributed by atoms with E-state index >= 15 is 0 Å². The molecule has 0 unspecified atom stereocenters. The van der Waals surface area contributed by atoms with E-state index in [1.807, 2.05) is 36.7 Å². The van der Waals surface area contributed by atoms with Gasteiger partial charge in [0.1, 0.15) is 5.82 Å². The summed E-state index contributed by atoms with van der Waals surface area (Å²) in [7, 11) is 0. The Kier molecular flexibility index (Phi) is 4.01. The Labute approximate surface area is 125 Å². The maximum Gasteiger partial charge on any atom is 0.139 e. The fourth-order valence-corrected chi connectivity index (χ4v) is 2.48. The molecule has 1 heterocycles. The second-order valence-corrected chi connectivity index (χ2v) is 5.16. The smallest absolute Gasteiger partial charge is 0.139 e. The summed E-state index contributed by atoms with van der Waals surface area (Å²) in [4.78, 5) is 4.46. The van der Waals surface area contributed by atoms with Crippen LogP contribution in [0.2, 0.25) is 0 Å². The molecule has 0 radical (unpaired) electrons. The van der Waals surface area contributed by atoms with Crippen LogP contribution in [0.3, 0.4) is 0 Å². The average Bonchev–Trinajstić information content (AvgIpc) is 2.98. The van der Waals surface area contributed by atoms with Crippen LogP contribution in [0.15, 0.2) is 67.0 Å². The molecule has 3 aromatic rings. The first-order valence-corrected chi connectivity index (χ1v) is 7.24. The van der Waals surface area contributed by atoms with Gasteiger partial charge in [-0.2, -0.15) is 0 Å². The average molecular weight is 277 g/mol. The lowest BCUT2D eigenvalue weighted by Crippen LogP contribution is -2.01. The van der Waals surface area contributed by atoms with Crippen molar-refractivity contribution >= 4 is 5.69 Å². The van der Waals surface area contributed by atoms with Gasteiger partial charge in [-0.3, -0.25) is 0 Å². The van der Waals surface area contributed by atoms with Gasteiger partial charge < -0.3 is 10.3 Å². The standard InChI is InChI=1S/C18H19N3/c19-17-10-8-16(9-11-17)18-20-12-14-21(18)13-4-7-15-5-2-1-3-6-15/h1-3,5-6,8-12,14H,4,7,13,19H2. The molecule has 0 aliphatic carbocycles. The molecule has 106 valence electrons. The molecule has 0 bridgehead atoms. The van der Waals surface area contributed by atoms with E-state index in [-0.39, 0.29) is 0 Å². The van der Waals surface area contributed by atoms with Crippen LogP contribution in [0.1, 0.15) is 12.0 Å². The maximum absolute atomic E-state index is 5.74. The Balaban J connectivity index is 1.67. The summed E-state index contributed by atoms with van der Waals surface area (Å²) < 4.78 is 2.20. The third-order valence-corrected chi connectivity index (χ3v) is 3.59. The zero-order chi connectivity index (χ0) is 14.5. The van der Waals surface area contributed by atoms with Crippen molar-refractivity contribution in [2.75, 3.05) is 5.73 Å². The Morgan fingerprint density at radius 1 is 0.952 bits per heavy atom. The molecule has 0 aliphatic heterocycles. The number of rotatable bonds is 5. The largest absolute Gasteiger partial charge is 0.399 e. The molecule has 0 atom stereocenters. The summed E-state index contributed by atoms with van der Waals surface area (Å²) in [5.74, 6) is 1.00. The predicted molar refractivity (Wildman–Crippen MR) is 86.8 cm³/mol. The highest BCUT2D eigenvalue weighted by Gasteiger charge is 2.05. The monoisotopic (exact) mass is 277 g/mol. The van der Waals surface area contributed by atoms with Gasteiger partial charge in [0.05, 0.1) is 0 Å². The van der Waals surface area contributed by atoms with Crippen LogP contribution < -0.4 is 5.73 Å². The topological polar surface area (TPSA) is 43.8 Å². The van der Waals surface area contributed by atoms with E-state index in [1.54, 1.807) is 0 Å². The molecule has 3 heteroatoms. The minimum atomic E-state index is 0.779. The lowest BCUT2D eigenvalue weighted by Gasteiger charge is -2.08. The molecule has 3 rings (SSSR count). The van der Waals surface area contributed by atoms with Crippen molar-refractivity contribution < 1.29 is 0 Å². The number of nitrogens with two attached hydrogens (primary N) is 1. The van der Waals surface area contributed by atoms with Crippen molar-refractivity contribution in [2.24, 2.45) is 0 Å². The number of nitrogen functional groups attached to an aromatic ring is 1. The number of imidazole rings is 1. The van der Waals surface area contributed by atoms with Gasteiger partial charge in [-0.1, -0.05) is 30.3 Å². The number of hydrogen-bond acceptors (Lipinski definition) is 2. The highest BCUT2D eigenvalue weighted by molar-refractivity contribution is 5.59. The number of benzene rings is 2. The molecule has 0 saturated heterocycles. The molecule has 0 fully saturated rings. The van der Waals surface area contributed by atoms with E-state index in [4.69, 9.17) is 5.73 Å². The molecule has 21 heavy (non-hydrogen) atoms. The molecule has 2 N–H and O–H groups in total. The predicted octanol–water partition coefficient (Wildman–Crippen LogP) is 3.77. The minimum Gasteiger partial charge on any atom is -0.399 e. The molecule has 0 saturated carbocycles. The number of nitrogens with zero attached hydrogens (tertiary/aromatic N) is 2. The SMILES string of the molecule is Nc1ccc(-c2nccn2CCCc2ccccc2)cc1. The Morgan fingerprint density at radius 2 is 1.71 bits per heavy atom. The Morgan fingerprint density at radius 3 is 2.48 bits per heavy atom. The van der Waals surface area contributed by atoms with Crippen molar-refractivity contribution in [3.63, 3.8) is 0 Å². The first-order chi connectivity index (χ1) is 10.3. The van der Waals surface area contributed by atoms with Gasteiger partial charge in [-0.25, -0.2) is 4.98 Å². The highest BCUT2D eigenvalue weighted by Crippen LogP contribution is 2.19. The number of anilines is 1. The minimum absolute atomic E-state index is 0.779. The normalized spacial score (nSPS) is 10.7.